The molecular formula is C67H116O6. The third-order valence-electron chi connectivity index (χ3n) is 13.4. The number of rotatable bonds is 56. The van der Waals surface area contributed by atoms with Crippen molar-refractivity contribution in [2.75, 3.05) is 13.2 Å². The maximum absolute atomic E-state index is 12.9. The van der Waals surface area contributed by atoms with Gasteiger partial charge in [0.15, 0.2) is 6.10 Å². The van der Waals surface area contributed by atoms with Crippen LogP contribution in [0.3, 0.4) is 0 Å². The predicted octanol–water partition coefficient (Wildman–Crippen LogP) is 21.1. The Bertz CT molecular complexity index is 1400. The number of hydrogen-bond acceptors (Lipinski definition) is 6. The summed E-state index contributed by atoms with van der Waals surface area (Å²) in [5.74, 6) is -0.890. The monoisotopic (exact) mass is 1020 g/mol. The van der Waals surface area contributed by atoms with Crippen molar-refractivity contribution >= 4 is 17.9 Å². The lowest BCUT2D eigenvalue weighted by molar-refractivity contribution is -0.167. The van der Waals surface area contributed by atoms with E-state index in [1.54, 1.807) is 0 Å². The van der Waals surface area contributed by atoms with E-state index in [9.17, 15) is 14.4 Å². The molecular weight excluding hydrogens is 901 g/mol. The van der Waals surface area contributed by atoms with E-state index in [2.05, 4.69) is 106 Å². The molecule has 0 spiro atoms. The van der Waals surface area contributed by atoms with E-state index in [1.807, 2.05) is 0 Å². The topological polar surface area (TPSA) is 78.9 Å². The summed E-state index contributed by atoms with van der Waals surface area (Å²) < 4.78 is 16.9. The van der Waals surface area contributed by atoms with Crippen molar-refractivity contribution in [3.05, 3.63) is 85.1 Å². The first-order valence-corrected chi connectivity index (χ1v) is 31.1. The zero-order valence-corrected chi connectivity index (χ0v) is 48.1. The maximum atomic E-state index is 12.9. The van der Waals surface area contributed by atoms with Crippen LogP contribution in [-0.4, -0.2) is 37.2 Å². The summed E-state index contributed by atoms with van der Waals surface area (Å²) in [4.78, 5) is 38.1. The van der Waals surface area contributed by atoms with Crippen LogP contribution in [0.1, 0.15) is 303 Å². The molecule has 73 heavy (non-hydrogen) atoms. The highest BCUT2D eigenvalue weighted by Crippen LogP contribution is 2.17. The Morgan fingerprint density at radius 1 is 0.288 bits per heavy atom. The molecule has 0 fully saturated rings. The number of unbranched alkanes of at least 4 members (excludes halogenated alkanes) is 31. The highest BCUT2D eigenvalue weighted by Gasteiger charge is 2.19. The first-order valence-electron chi connectivity index (χ1n) is 31.1. The van der Waals surface area contributed by atoms with E-state index in [0.717, 1.165) is 122 Å². The first kappa shape index (κ1) is 69.6. The van der Waals surface area contributed by atoms with Gasteiger partial charge >= 0.3 is 17.9 Å². The van der Waals surface area contributed by atoms with E-state index >= 15 is 0 Å². The minimum absolute atomic E-state index is 0.0791. The van der Waals surface area contributed by atoms with Gasteiger partial charge in [-0.3, -0.25) is 14.4 Å². The van der Waals surface area contributed by atoms with Gasteiger partial charge in [0.2, 0.25) is 0 Å². The maximum Gasteiger partial charge on any atom is 0.306 e. The third-order valence-corrected chi connectivity index (χ3v) is 13.4. The largest absolute Gasteiger partial charge is 0.462 e. The van der Waals surface area contributed by atoms with Crippen molar-refractivity contribution in [1.82, 2.24) is 0 Å². The summed E-state index contributed by atoms with van der Waals surface area (Å²) in [6, 6.07) is 0. The zero-order valence-electron chi connectivity index (χ0n) is 48.1. The van der Waals surface area contributed by atoms with Gasteiger partial charge in [-0.1, -0.05) is 292 Å². The Morgan fingerprint density at radius 2 is 0.534 bits per heavy atom. The SMILES string of the molecule is CC/C=C\C/C=C\C/C=C\C/C=C\C/C=C\C/C=C\C/C=C\CCCCCCCC(=O)OCC(COC(=O)CCCCCCCCCCC)OC(=O)CCCCCCCCCCCCCCCCCCCCC. The van der Waals surface area contributed by atoms with E-state index in [-0.39, 0.29) is 31.1 Å². The molecule has 0 aliphatic rings. The van der Waals surface area contributed by atoms with Crippen LogP contribution in [0.4, 0.5) is 0 Å². The van der Waals surface area contributed by atoms with Crippen LogP contribution in [0, 0.1) is 0 Å². The standard InChI is InChI=1S/C67H116O6/c1-4-7-10-13-16-19-21-23-25-27-29-30-31-32-33-34-35-36-38-39-41-43-45-48-51-54-57-60-66(69)72-63-64(62-71-65(68)59-56-53-50-47-18-15-12-9-6-3)73-67(70)61-58-55-52-49-46-44-42-40-37-28-26-24-22-20-17-14-11-8-5-2/h7,10,16,19,23,25,29-30,32-33,35-36,39,41,64H,4-6,8-9,11-15,17-18,20-22,24,26-28,31,34,37-38,40,42-63H2,1-3H3/b10-7-,19-16-,25-23-,30-29-,33-32-,36-35-,41-39-. The number of carbonyl (C=O) groups is 3. The highest BCUT2D eigenvalue weighted by atomic mass is 16.6. The Balaban J connectivity index is 4.27. The smallest absolute Gasteiger partial charge is 0.306 e. The molecule has 0 rings (SSSR count). The average Bonchev–Trinajstić information content (AvgIpc) is 3.39. The van der Waals surface area contributed by atoms with E-state index in [4.69, 9.17) is 14.2 Å². The summed E-state index contributed by atoms with van der Waals surface area (Å²) in [6.45, 7) is 6.52. The molecule has 0 N–H and O–H groups in total. The summed E-state index contributed by atoms with van der Waals surface area (Å²) in [7, 11) is 0. The van der Waals surface area contributed by atoms with Gasteiger partial charge in [-0.2, -0.15) is 0 Å². The second-order valence-corrected chi connectivity index (χ2v) is 20.6. The van der Waals surface area contributed by atoms with Gasteiger partial charge in [-0.25, -0.2) is 0 Å². The molecule has 0 bridgehead atoms. The van der Waals surface area contributed by atoms with Gasteiger partial charge in [-0.05, 0) is 77.0 Å². The van der Waals surface area contributed by atoms with Gasteiger partial charge in [0, 0.05) is 19.3 Å². The third kappa shape index (κ3) is 59.3. The van der Waals surface area contributed by atoms with Crippen molar-refractivity contribution in [1.29, 1.82) is 0 Å². The predicted molar refractivity (Wildman–Crippen MR) is 316 cm³/mol. The molecule has 0 amide bonds. The number of hydrogen-bond donors (Lipinski definition) is 0. The van der Waals surface area contributed by atoms with E-state index in [1.165, 1.54) is 141 Å². The fraction of sp³-hybridized carbons (Fsp3) is 0.746. The number of carbonyl (C=O) groups excluding carboxylic acids is 3. The minimum atomic E-state index is -0.781. The molecule has 0 aromatic rings. The minimum Gasteiger partial charge on any atom is -0.462 e. The van der Waals surface area contributed by atoms with Crippen LogP contribution >= 0.6 is 0 Å². The lowest BCUT2D eigenvalue weighted by Crippen LogP contribution is -2.30. The van der Waals surface area contributed by atoms with Crippen LogP contribution in [-0.2, 0) is 28.6 Å². The Morgan fingerprint density at radius 3 is 0.836 bits per heavy atom. The van der Waals surface area contributed by atoms with Crippen LogP contribution < -0.4 is 0 Å². The molecule has 1 atom stereocenters. The van der Waals surface area contributed by atoms with Crippen molar-refractivity contribution in [2.45, 2.75) is 309 Å². The molecule has 0 heterocycles. The van der Waals surface area contributed by atoms with Crippen molar-refractivity contribution in [3.63, 3.8) is 0 Å². The van der Waals surface area contributed by atoms with Crippen LogP contribution in [0.2, 0.25) is 0 Å². The normalized spacial score (nSPS) is 12.6. The molecule has 6 nitrogen and oxygen atoms in total. The van der Waals surface area contributed by atoms with E-state index < -0.39 is 6.10 Å². The molecule has 0 aliphatic carbocycles. The molecule has 0 aromatic carbocycles. The van der Waals surface area contributed by atoms with Crippen molar-refractivity contribution in [3.8, 4) is 0 Å². The van der Waals surface area contributed by atoms with E-state index in [0.29, 0.717) is 19.3 Å². The zero-order chi connectivity index (χ0) is 52.9. The first-order chi connectivity index (χ1) is 36.0. The molecule has 6 heteroatoms. The van der Waals surface area contributed by atoms with Gasteiger partial charge in [0.25, 0.3) is 0 Å². The second kappa shape index (κ2) is 61.1. The number of allylic oxidation sites excluding steroid dienone is 14. The molecule has 0 saturated heterocycles. The lowest BCUT2D eigenvalue weighted by Gasteiger charge is -2.18. The lowest BCUT2D eigenvalue weighted by atomic mass is 10.0. The highest BCUT2D eigenvalue weighted by molar-refractivity contribution is 5.71. The summed E-state index contributed by atoms with van der Waals surface area (Å²) >= 11 is 0. The van der Waals surface area contributed by atoms with Crippen LogP contribution in [0.25, 0.3) is 0 Å². The molecule has 0 aliphatic heterocycles. The molecule has 0 saturated carbocycles. The van der Waals surface area contributed by atoms with Gasteiger partial charge in [-0.15, -0.1) is 0 Å². The number of ether oxygens (including phenoxy) is 3. The van der Waals surface area contributed by atoms with Gasteiger partial charge in [0.1, 0.15) is 13.2 Å². The molecule has 1 unspecified atom stereocenters. The summed E-state index contributed by atoms with van der Waals surface area (Å²) in [6.07, 6.45) is 80.2. The van der Waals surface area contributed by atoms with Crippen LogP contribution in [0.5, 0.6) is 0 Å². The summed E-state index contributed by atoms with van der Waals surface area (Å²) in [5, 5.41) is 0. The average molecular weight is 1020 g/mol. The molecule has 0 radical (unpaired) electrons. The Hall–Kier alpha value is -3.41. The van der Waals surface area contributed by atoms with Gasteiger partial charge in [0.05, 0.1) is 0 Å². The fourth-order valence-electron chi connectivity index (χ4n) is 8.78. The second-order valence-electron chi connectivity index (χ2n) is 20.6. The van der Waals surface area contributed by atoms with Crippen molar-refractivity contribution < 1.29 is 28.6 Å². The van der Waals surface area contributed by atoms with Gasteiger partial charge < -0.3 is 14.2 Å². The fourth-order valence-corrected chi connectivity index (χ4v) is 8.78. The Labute approximate surface area is 452 Å². The number of esters is 3. The summed E-state index contributed by atoms with van der Waals surface area (Å²) in [5.41, 5.74) is 0. The van der Waals surface area contributed by atoms with Crippen LogP contribution in [0.15, 0.2) is 85.1 Å². The molecule has 420 valence electrons. The van der Waals surface area contributed by atoms with Crippen molar-refractivity contribution in [2.24, 2.45) is 0 Å². The Kier molecular flexibility index (Phi) is 58.3. The molecule has 0 aromatic heterocycles. The quantitative estimate of drug-likeness (QED) is 0.0261.